The van der Waals surface area contributed by atoms with Crippen molar-refractivity contribution in [3.63, 3.8) is 0 Å². The van der Waals surface area contributed by atoms with Crippen LogP contribution in [0.3, 0.4) is 0 Å². The summed E-state index contributed by atoms with van der Waals surface area (Å²) in [6.07, 6.45) is -0.0820. The monoisotopic (exact) mass is 380 g/mol. The number of ether oxygens (including phenoxy) is 1. The van der Waals surface area contributed by atoms with Crippen LogP contribution in [-0.4, -0.2) is 33.8 Å². The maximum absolute atomic E-state index is 10.5. The minimum Gasteiger partial charge on any atom is -0.489 e. The molecule has 2 aromatic rings. The molecular formula is C19H21ClO4S. The maximum Gasteiger partial charge on any atom is 0.304 e. The number of carboxylic acid groups (broad SMARTS) is 1. The minimum absolute atomic E-state index is 0.0972. The summed E-state index contributed by atoms with van der Waals surface area (Å²) in [5.41, 5.74) is 1.91. The standard InChI is InChI=1S/C19H21ClO4S/c20-16-6-7-18(24-12-14-4-2-1-3-5-14)15(10-16)11-17(21)13-25-9-8-19(22)23/h1-7,10,17,21H,8-9,11-13H2,(H,22,23)/t17-/m0/s1. The van der Waals surface area contributed by atoms with Crippen LogP contribution in [0, 0.1) is 0 Å². The Morgan fingerprint density at radius 1 is 1.20 bits per heavy atom. The lowest BCUT2D eigenvalue weighted by atomic mass is 10.1. The highest BCUT2D eigenvalue weighted by molar-refractivity contribution is 7.99. The zero-order valence-corrected chi connectivity index (χ0v) is 15.3. The average Bonchev–Trinajstić information content (AvgIpc) is 2.59. The summed E-state index contributed by atoms with van der Waals surface area (Å²) in [7, 11) is 0. The smallest absolute Gasteiger partial charge is 0.304 e. The van der Waals surface area contributed by atoms with E-state index in [0.29, 0.717) is 35.3 Å². The summed E-state index contributed by atoms with van der Waals surface area (Å²) in [5, 5.41) is 19.4. The second-order valence-corrected chi connectivity index (χ2v) is 7.19. The van der Waals surface area contributed by atoms with Crippen LogP contribution in [0.1, 0.15) is 17.5 Å². The van der Waals surface area contributed by atoms with Crippen molar-refractivity contribution in [2.75, 3.05) is 11.5 Å². The van der Waals surface area contributed by atoms with E-state index in [1.807, 2.05) is 36.4 Å². The molecule has 0 bridgehead atoms. The molecule has 0 unspecified atom stereocenters. The van der Waals surface area contributed by atoms with Gasteiger partial charge in [0.2, 0.25) is 0 Å². The molecule has 4 nitrogen and oxygen atoms in total. The van der Waals surface area contributed by atoms with Gasteiger partial charge in [-0.3, -0.25) is 4.79 Å². The second kappa shape index (κ2) is 10.3. The molecule has 6 heteroatoms. The topological polar surface area (TPSA) is 66.8 Å². The Morgan fingerprint density at radius 3 is 2.68 bits per heavy atom. The van der Waals surface area contributed by atoms with E-state index in [2.05, 4.69) is 0 Å². The lowest BCUT2D eigenvalue weighted by Crippen LogP contribution is -2.15. The molecule has 2 aromatic carbocycles. The van der Waals surface area contributed by atoms with Crippen LogP contribution in [0.5, 0.6) is 5.75 Å². The second-order valence-electron chi connectivity index (χ2n) is 5.60. The molecule has 0 amide bonds. The fraction of sp³-hybridized carbons (Fsp3) is 0.316. The molecular weight excluding hydrogens is 360 g/mol. The maximum atomic E-state index is 10.5. The molecule has 2 rings (SSSR count). The Morgan fingerprint density at radius 2 is 1.96 bits per heavy atom. The van der Waals surface area contributed by atoms with Crippen molar-refractivity contribution >= 4 is 29.3 Å². The molecule has 0 aliphatic heterocycles. The average molecular weight is 381 g/mol. The number of hydrogen-bond donors (Lipinski definition) is 2. The first-order valence-corrected chi connectivity index (χ1v) is 9.50. The minimum atomic E-state index is -0.826. The lowest BCUT2D eigenvalue weighted by molar-refractivity contribution is -0.136. The van der Waals surface area contributed by atoms with Crippen molar-refractivity contribution in [3.8, 4) is 5.75 Å². The third kappa shape index (κ3) is 7.38. The number of carbonyl (C=O) groups is 1. The van der Waals surface area contributed by atoms with Crippen LogP contribution in [0.25, 0.3) is 0 Å². The normalized spacial score (nSPS) is 11.9. The number of aliphatic hydroxyl groups excluding tert-OH is 1. The zero-order valence-electron chi connectivity index (χ0n) is 13.7. The van der Waals surface area contributed by atoms with Gasteiger partial charge in [-0.2, -0.15) is 11.8 Å². The molecule has 134 valence electrons. The van der Waals surface area contributed by atoms with Gasteiger partial charge in [-0.1, -0.05) is 41.9 Å². The molecule has 0 spiro atoms. The summed E-state index contributed by atoms with van der Waals surface area (Å²) in [5.74, 6) is 0.827. The van der Waals surface area contributed by atoms with E-state index < -0.39 is 12.1 Å². The molecule has 1 atom stereocenters. The number of rotatable bonds is 10. The molecule has 0 saturated carbocycles. The highest BCUT2D eigenvalue weighted by atomic mass is 35.5. The fourth-order valence-corrected chi connectivity index (χ4v) is 3.35. The molecule has 0 aliphatic carbocycles. The first-order chi connectivity index (χ1) is 12.0. The van der Waals surface area contributed by atoms with E-state index in [9.17, 15) is 9.90 Å². The number of halogens is 1. The predicted molar refractivity (Wildman–Crippen MR) is 102 cm³/mol. The van der Waals surface area contributed by atoms with Crippen LogP contribution in [0.4, 0.5) is 0 Å². The van der Waals surface area contributed by atoms with Crippen LogP contribution >= 0.6 is 23.4 Å². The van der Waals surface area contributed by atoms with Gasteiger partial charge in [0.1, 0.15) is 12.4 Å². The summed E-state index contributed by atoms with van der Waals surface area (Å²) in [6, 6.07) is 15.2. The van der Waals surface area contributed by atoms with E-state index in [4.69, 9.17) is 21.4 Å². The molecule has 2 N–H and O–H groups in total. The van der Waals surface area contributed by atoms with E-state index in [1.165, 1.54) is 11.8 Å². The lowest BCUT2D eigenvalue weighted by Gasteiger charge is -2.15. The first-order valence-electron chi connectivity index (χ1n) is 7.97. The summed E-state index contributed by atoms with van der Waals surface area (Å²) in [4.78, 5) is 10.5. The molecule has 25 heavy (non-hydrogen) atoms. The highest BCUT2D eigenvalue weighted by Gasteiger charge is 2.12. The van der Waals surface area contributed by atoms with Gasteiger partial charge in [0.15, 0.2) is 0 Å². The van der Waals surface area contributed by atoms with Crippen molar-refractivity contribution < 1.29 is 19.7 Å². The number of aliphatic hydroxyl groups is 1. The quantitative estimate of drug-likeness (QED) is 0.609. The number of aliphatic carboxylic acids is 1. The van der Waals surface area contributed by atoms with Gasteiger partial charge >= 0.3 is 5.97 Å². The van der Waals surface area contributed by atoms with Crippen molar-refractivity contribution in [3.05, 3.63) is 64.7 Å². The number of hydrogen-bond acceptors (Lipinski definition) is 4. The molecule has 0 aromatic heterocycles. The SMILES string of the molecule is O=C(O)CCSC[C@@H](O)Cc1cc(Cl)ccc1OCc1ccccc1. The summed E-state index contributed by atoms with van der Waals surface area (Å²) < 4.78 is 5.88. The molecule has 0 fully saturated rings. The van der Waals surface area contributed by atoms with Crippen LogP contribution in [-0.2, 0) is 17.8 Å². The number of thioether (sulfide) groups is 1. The van der Waals surface area contributed by atoms with Gasteiger partial charge in [0.25, 0.3) is 0 Å². The highest BCUT2D eigenvalue weighted by Crippen LogP contribution is 2.26. The van der Waals surface area contributed by atoms with E-state index in [1.54, 1.807) is 12.1 Å². The predicted octanol–water partition coefficient (Wildman–Crippen LogP) is 4.03. The van der Waals surface area contributed by atoms with Gasteiger partial charge in [-0.25, -0.2) is 0 Å². The Bertz CT molecular complexity index is 678. The van der Waals surface area contributed by atoms with Gasteiger partial charge in [0, 0.05) is 22.9 Å². The third-order valence-electron chi connectivity index (χ3n) is 3.49. The fourth-order valence-electron chi connectivity index (χ4n) is 2.28. The van der Waals surface area contributed by atoms with Crippen LogP contribution < -0.4 is 4.74 Å². The number of carboxylic acids is 1. The number of benzene rings is 2. The van der Waals surface area contributed by atoms with Crippen molar-refractivity contribution in [2.45, 2.75) is 25.6 Å². The van der Waals surface area contributed by atoms with E-state index in [-0.39, 0.29) is 6.42 Å². The summed E-state index contributed by atoms with van der Waals surface area (Å²) in [6.45, 7) is 0.443. The summed E-state index contributed by atoms with van der Waals surface area (Å²) >= 11 is 7.50. The molecule has 0 aliphatic rings. The van der Waals surface area contributed by atoms with E-state index >= 15 is 0 Å². The van der Waals surface area contributed by atoms with Crippen molar-refractivity contribution in [1.82, 2.24) is 0 Å². The Labute approximate surface area is 156 Å². The molecule has 0 radical (unpaired) electrons. The molecule has 0 heterocycles. The molecule has 0 saturated heterocycles. The Balaban J connectivity index is 1.92. The largest absolute Gasteiger partial charge is 0.489 e. The van der Waals surface area contributed by atoms with E-state index in [0.717, 1.165) is 11.1 Å². The zero-order chi connectivity index (χ0) is 18.1. The van der Waals surface area contributed by atoms with Crippen LogP contribution in [0.2, 0.25) is 5.02 Å². The van der Waals surface area contributed by atoms with Gasteiger partial charge < -0.3 is 14.9 Å². The van der Waals surface area contributed by atoms with Gasteiger partial charge in [-0.15, -0.1) is 0 Å². The van der Waals surface area contributed by atoms with Crippen molar-refractivity contribution in [1.29, 1.82) is 0 Å². The third-order valence-corrected chi connectivity index (χ3v) is 4.83. The van der Waals surface area contributed by atoms with Crippen molar-refractivity contribution in [2.24, 2.45) is 0 Å². The Kier molecular flexibility index (Phi) is 8.12. The first kappa shape index (κ1) is 19.6. The van der Waals surface area contributed by atoms with Gasteiger partial charge in [-0.05, 0) is 29.3 Å². The van der Waals surface area contributed by atoms with Gasteiger partial charge in [0.05, 0.1) is 12.5 Å². The van der Waals surface area contributed by atoms with Crippen LogP contribution in [0.15, 0.2) is 48.5 Å². The Hall–Kier alpha value is -1.69.